The molecule has 0 amide bonds. The second-order valence-electron chi connectivity index (χ2n) is 12.2. The van der Waals surface area contributed by atoms with E-state index in [1.54, 1.807) is 6.20 Å². The molecular formula is C23H44N2O5SSi2. The highest BCUT2D eigenvalue weighted by Gasteiger charge is 2.49. The number of aromatic amines is 1. The number of rotatable bonds is 7. The zero-order chi connectivity index (χ0) is 25.6. The third-order valence-electron chi connectivity index (χ3n) is 7.81. The van der Waals surface area contributed by atoms with Crippen molar-refractivity contribution in [1.29, 1.82) is 0 Å². The van der Waals surface area contributed by atoms with Crippen molar-refractivity contribution in [1.82, 2.24) is 9.55 Å². The molecule has 1 aliphatic heterocycles. The van der Waals surface area contributed by atoms with E-state index in [9.17, 15) is 13.8 Å². The van der Waals surface area contributed by atoms with E-state index in [2.05, 4.69) is 72.7 Å². The molecule has 0 aliphatic carbocycles. The van der Waals surface area contributed by atoms with Gasteiger partial charge in [-0.1, -0.05) is 48.5 Å². The SMILES string of the molecule is CCc1cn([C@H]2C[C@H](O[Si](C)(C)C(C)(C)C)[C@@H](CO[Si](C)(C)C(C)(C)C)[S@@]2=O)c(=O)[nH]c1=O. The minimum absolute atomic E-state index is 0.00160. The molecule has 0 spiro atoms. The van der Waals surface area contributed by atoms with E-state index in [0.717, 1.165) is 0 Å². The zero-order valence-corrected chi connectivity index (χ0v) is 25.1. The Morgan fingerprint density at radius 2 is 1.61 bits per heavy atom. The summed E-state index contributed by atoms with van der Waals surface area (Å²) < 4.78 is 28.5. The van der Waals surface area contributed by atoms with Crippen LogP contribution in [0.4, 0.5) is 0 Å². The van der Waals surface area contributed by atoms with Gasteiger partial charge < -0.3 is 8.85 Å². The van der Waals surface area contributed by atoms with Gasteiger partial charge in [0.05, 0.1) is 28.8 Å². The molecule has 1 N–H and O–H groups in total. The molecule has 0 radical (unpaired) electrons. The third-order valence-corrected chi connectivity index (χ3v) is 18.8. The van der Waals surface area contributed by atoms with Crippen molar-refractivity contribution in [3.63, 3.8) is 0 Å². The van der Waals surface area contributed by atoms with Gasteiger partial charge >= 0.3 is 5.69 Å². The Morgan fingerprint density at radius 1 is 1.06 bits per heavy atom. The van der Waals surface area contributed by atoms with Crippen LogP contribution in [0.25, 0.3) is 0 Å². The van der Waals surface area contributed by atoms with E-state index in [-0.39, 0.29) is 27.0 Å². The maximum Gasteiger partial charge on any atom is 0.329 e. The Balaban J connectivity index is 2.45. The zero-order valence-electron chi connectivity index (χ0n) is 22.3. The lowest BCUT2D eigenvalue weighted by Gasteiger charge is -2.40. The summed E-state index contributed by atoms with van der Waals surface area (Å²) in [6, 6.07) is 0. The second kappa shape index (κ2) is 9.68. The molecular weight excluding hydrogens is 473 g/mol. The number of aromatic nitrogens is 2. The minimum Gasteiger partial charge on any atom is -0.416 e. The van der Waals surface area contributed by atoms with Gasteiger partial charge in [-0.3, -0.25) is 18.6 Å². The van der Waals surface area contributed by atoms with Gasteiger partial charge in [-0.05, 0) is 42.7 Å². The van der Waals surface area contributed by atoms with Gasteiger partial charge in [0.2, 0.25) is 0 Å². The van der Waals surface area contributed by atoms with Crippen molar-refractivity contribution in [3.8, 4) is 0 Å². The van der Waals surface area contributed by atoms with Crippen LogP contribution in [0.2, 0.25) is 36.3 Å². The number of aryl methyl sites for hydroxylation is 1. The fourth-order valence-electron chi connectivity index (χ4n) is 3.38. The molecule has 1 saturated heterocycles. The molecule has 0 bridgehead atoms. The lowest BCUT2D eigenvalue weighted by atomic mass is 10.2. The lowest BCUT2D eigenvalue weighted by molar-refractivity contribution is 0.145. The molecule has 0 aromatic carbocycles. The summed E-state index contributed by atoms with van der Waals surface area (Å²) in [5, 5.41) is -0.847. The number of H-pyrrole nitrogens is 1. The number of hydrogen-bond donors (Lipinski definition) is 1. The van der Waals surface area contributed by atoms with E-state index in [1.165, 1.54) is 4.57 Å². The lowest BCUT2D eigenvalue weighted by Crippen LogP contribution is -2.48. The van der Waals surface area contributed by atoms with Crippen molar-refractivity contribution < 1.29 is 13.1 Å². The molecule has 4 atom stereocenters. The summed E-state index contributed by atoms with van der Waals surface area (Å²) in [7, 11) is -5.60. The monoisotopic (exact) mass is 516 g/mol. The van der Waals surface area contributed by atoms with Crippen LogP contribution in [0, 0.1) is 0 Å². The summed E-state index contributed by atoms with van der Waals surface area (Å²) >= 11 is 0. The van der Waals surface area contributed by atoms with Gasteiger partial charge in [-0.15, -0.1) is 0 Å². The molecule has 190 valence electrons. The molecule has 0 saturated carbocycles. The maximum atomic E-state index is 13.8. The summed E-state index contributed by atoms with van der Waals surface area (Å²) in [6.07, 6.45) is 2.26. The normalized spacial score (nSPS) is 24.9. The Kier molecular flexibility index (Phi) is 8.33. The molecule has 1 aromatic heterocycles. The van der Waals surface area contributed by atoms with Gasteiger partial charge in [-0.25, -0.2) is 4.79 Å². The van der Waals surface area contributed by atoms with Gasteiger partial charge in [0.25, 0.3) is 5.56 Å². The topological polar surface area (TPSA) is 90.4 Å². The van der Waals surface area contributed by atoms with E-state index in [1.807, 2.05) is 6.92 Å². The quantitative estimate of drug-likeness (QED) is 0.538. The average molecular weight is 517 g/mol. The first-order valence-corrected chi connectivity index (χ1v) is 19.0. The highest BCUT2D eigenvalue weighted by Crippen LogP contribution is 2.43. The molecule has 1 fully saturated rings. The largest absolute Gasteiger partial charge is 0.416 e. The first-order valence-electron chi connectivity index (χ1n) is 11.9. The van der Waals surface area contributed by atoms with E-state index in [0.29, 0.717) is 25.0 Å². The van der Waals surface area contributed by atoms with Crippen molar-refractivity contribution in [2.75, 3.05) is 6.61 Å². The molecule has 0 unspecified atom stereocenters. The van der Waals surface area contributed by atoms with Crippen LogP contribution in [0.3, 0.4) is 0 Å². The predicted molar refractivity (Wildman–Crippen MR) is 142 cm³/mol. The molecule has 10 heteroatoms. The molecule has 2 heterocycles. The molecule has 1 aromatic rings. The van der Waals surface area contributed by atoms with Crippen molar-refractivity contribution in [2.24, 2.45) is 0 Å². The molecule has 2 rings (SSSR count). The van der Waals surface area contributed by atoms with Crippen LogP contribution >= 0.6 is 0 Å². The van der Waals surface area contributed by atoms with Gasteiger partial charge in [0.1, 0.15) is 5.37 Å². The Labute approximate surface area is 203 Å². The highest BCUT2D eigenvalue weighted by molar-refractivity contribution is 7.86. The van der Waals surface area contributed by atoms with Crippen LogP contribution in [0.5, 0.6) is 0 Å². The van der Waals surface area contributed by atoms with Crippen LogP contribution in [-0.2, 0) is 26.1 Å². The van der Waals surface area contributed by atoms with Crippen molar-refractivity contribution >= 4 is 27.4 Å². The number of nitrogens with one attached hydrogen (secondary N) is 1. The van der Waals surface area contributed by atoms with E-state index < -0.39 is 38.5 Å². The predicted octanol–water partition coefficient (Wildman–Crippen LogP) is 4.53. The number of hydrogen-bond acceptors (Lipinski definition) is 5. The summed E-state index contributed by atoms with van der Waals surface area (Å²) in [4.78, 5) is 27.1. The Bertz CT molecular complexity index is 988. The van der Waals surface area contributed by atoms with Gasteiger partial charge in [-0.2, -0.15) is 0 Å². The summed E-state index contributed by atoms with van der Waals surface area (Å²) in [5.41, 5.74) is -0.392. The fraction of sp³-hybridized carbons (Fsp3) is 0.826. The van der Waals surface area contributed by atoms with Crippen molar-refractivity contribution in [3.05, 3.63) is 32.6 Å². The first-order chi connectivity index (χ1) is 14.8. The van der Waals surface area contributed by atoms with Gasteiger partial charge in [0, 0.05) is 18.2 Å². The summed E-state index contributed by atoms with van der Waals surface area (Å²) in [5.74, 6) is 0. The second-order valence-corrected chi connectivity index (χ2v) is 23.6. The van der Waals surface area contributed by atoms with Crippen LogP contribution < -0.4 is 11.2 Å². The average Bonchev–Trinajstić information content (AvgIpc) is 2.93. The molecule has 1 aliphatic rings. The molecule has 7 nitrogen and oxygen atoms in total. The third kappa shape index (κ3) is 6.06. The molecule has 33 heavy (non-hydrogen) atoms. The van der Waals surface area contributed by atoms with Crippen molar-refractivity contribution in [2.45, 2.75) is 114 Å². The smallest absolute Gasteiger partial charge is 0.329 e. The van der Waals surface area contributed by atoms with Crippen LogP contribution in [0.1, 0.15) is 65.8 Å². The summed E-state index contributed by atoms with van der Waals surface area (Å²) in [6.45, 7) is 24.1. The van der Waals surface area contributed by atoms with Crippen LogP contribution in [-0.4, -0.2) is 48.4 Å². The first kappa shape index (κ1) is 28.4. The Hall–Kier alpha value is -0.816. The number of nitrogens with zero attached hydrogens (tertiary/aromatic N) is 1. The van der Waals surface area contributed by atoms with Crippen LogP contribution in [0.15, 0.2) is 15.8 Å². The maximum absolute atomic E-state index is 13.8. The van der Waals surface area contributed by atoms with Gasteiger partial charge in [0.15, 0.2) is 16.6 Å². The minimum atomic E-state index is -2.15. The Morgan fingerprint density at radius 3 is 2.09 bits per heavy atom. The standard InChI is InChI=1S/C23H44N2O5SSi2/c1-12-16-14-25(21(27)24-20(16)26)19-13-17(30-33(10,11)23(5,6)7)18(31(19)28)15-29-32(8,9)22(2,3)4/h14,17-19H,12-13,15H2,1-11H3,(H,24,26,27)/t17-,18+,19+,31-/m0/s1. The van der Waals surface area contributed by atoms with E-state index in [4.69, 9.17) is 8.85 Å². The fourth-order valence-corrected chi connectivity index (χ4v) is 7.83. The van der Waals surface area contributed by atoms with E-state index >= 15 is 0 Å². The highest BCUT2D eigenvalue weighted by atomic mass is 32.2.